The van der Waals surface area contributed by atoms with E-state index in [1.54, 1.807) is 0 Å². The first-order chi connectivity index (χ1) is 9.36. The molecule has 0 saturated carbocycles. The highest BCUT2D eigenvalue weighted by atomic mass is 14.5. The van der Waals surface area contributed by atoms with Gasteiger partial charge in [0.2, 0.25) is 0 Å². The SMILES string of the molecule is CCCc1ccccc1.NCCCc1ccccc1. The van der Waals surface area contributed by atoms with Gasteiger partial charge in [0, 0.05) is 0 Å². The molecular weight excluding hydrogens is 230 g/mol. The Labute approximate surface area is 117 Å². The first kappa shape index (κ1) is 15.5. The summed E-state index contributed by atoms with van der Waals surface area (Å²) in [5, 5.41) is 0. The molecule has 102 valence electrons. The largest absolute Gasteiger partial charge is 0.330 e. The summed E-state index contributed by atoms with van der Waals surface area (Å²) < 4.78 is 0. The Morgan fingerprint density at radius 2 is 1.21 bits per heavy atom. The second-order valence-corrected chi connectivity index (χ2v) is 4.61. The Kier molecular flexibility index (Phi) is 8.41. The van der Waals surface area contributed by atoms with Crippen molar-refractivity contribution in [3.8, 4) is 0 Å². The first-order valence-electron chi connectivity index (χ1n) is 7.14. The Balaban J connectivity index is 0.000000191. The highest BCUT2D eigenvalue weighted by Gasteiger charge is 1.87. The summed E-state index contributed by atoms with van der Waals surface area (Å²) in [5.74, 6) is 0. The molecule has 19 heavy (non-hydrogen) atoms. The van der Waals surface area contributed by atoms with Crippen LogP contribution in [0.1, 0.15) is 30.9 Å². The van der Waals surface area contributed by atoms with Gasteiger partial charge in [-0.3, -0.25) is 0 Å². The number of benzene rings is 2. The van der Waals surface area contributed by atoms with E-state index in [1.807, 2.05) is 6.07 Å². The summed E-state index contributed by atoms with van der Waals surface area (Å²) in [5.41, 5.74) is 8.20. The molecule has 0 unspecified atom stereocenters. The van der Waals surface area contributed by atoms with Crippen molar-refractivity contribution in [1.29, 1.82) is 0 Å². The van der Waals surface area contributed by atoms with E-state index in [0.29, 0.717) is 0 Å². The van der Waals surface area contributed by atoms with Gasteiger partial charge in [-0.1, -0.05) is 74.0 Å². The van der Waals surface area contributed by atoms with Crippen molar-refractivity contribution >= 4 is 0 Å². The maximum absolute atomic E-state index is 5.38. The smallest absolute Gasteiger partial charge is 0.00741 e. The van der Waals surface area contributed by atoms with Crippen LogP contribution in [0, 0.1) is 0 Å². The Bertz CT molecular complexity index is 408. The van der Waals surface area contributed by atoms with Crippen LogP contribution >= 0.6 is 0 Å². The van der Waals surface area contributed by atoms with E-state index in [9.17, 15) is 0 Å². The van der Waals surface area contributed by atoms with Gasteiger partial charge in [0.1, 0.15) is 0 Å². The Hall–Kier alpha value is -1.60. The number of hydrogen-bond donors (Lipinski definition) is 1. The van der Waals surface area contributed by atoms with Crippen molar-refractivity contribution in [2.75, 3.05) is 6.54 Å². The maximum Gasteiger partial charge on any atom is -0.00741 e. The molecule has 0 aliphatic rings. The lowest BCUT2D eigenvalue weighted by Crippen LogP contribution is -1.99. The zero-order valence-corrected chi connectivity index (χ0v) is 11.9. The van der Waals surface area contributed by atoms with Crippen molar-refractivity contribution in [2.45, 2.75) is 32.6 Å². The molecule has 0 fully saturated rings. The van der Waals surface area contributed by atoms with Crippen molar-refractivity contribution in [1.82, 2.24) is 0 Å². The molecule has 0 aliphatic carbocycles. The molecule has 1 nitrogen and oxygen atoms in total. The molecule has 2 aromatic rings. The molecule has 0 aromatic heterocycles. The van der Waals surface area contributed by atoms with E-state index >= 15 is 0 Å². The van der Waals surface area contributed by atoms with Crippen LogP contribution in [0.5, 0.6) is 0 Å². The highest BCUT2D eigenvalue weighted by molar-refractivity contribution is 5.15. The number of nitrogens with two attached hydrogens (primary N) is 1. The van der Waals surface area contributed by atoms with Crippen LogP contribution in [0.4, 0.5) is 0 Å². The first-order valence-corrected chi connectivity index (χ1v) is 7.14. The second kappa shape index (κ2) is 10.3. The van der Waals surface area contributed by atoms with Crippen LogP contribution in [0.25, 0.3) is 0 Å². The predicted octanol–water partition coefficient (Wildman–Crippen LogP) is 4.22. The van der Waals surface area contributed by atoms with Gasteiger partial charge in [-0.2, -0.15) is 0 Å². The molecule has 1 heteroatoms. The fourth-order valence-corrected chi connectivity index (χ4v) is 1.88. The minimum atomic E-state index is 0.787. The van der Waals surface area contributed by atoms with Gasteiger partial charge in [-0.05, 0) is 36.9 Å². The quantitative estimate of drug-likeness (QED) is 0.850. The molecule has 0 spiro atoms. The summed E-state index contributed by atoms with van der Waals surface area (Å²) in [6, 6.07) is 21.0. The van der Waals surface area contributed by atoms with Crippen molar-refractivity contribution < 1.29 is 0 Å². The van der Waals surface area contributed by atoms with E-state index in [0.717, 1.165) is 19.4 Å². The van der Waals surface area contributed by atoms with Gasteiger partial charge in [-0.25, -0.2) is 0 Å². The standard InChI is InChI=1S/C9H13N.C9H12/c10-8-4-7-9-5-2-1-3-6-9;1-2-6-9-7-4-3-5-8-9/h1-3,5-6H,4,7-8,10H2;3-5,7-8H,2,6H2,1H3. The fraction of sp³-hybridized carbons (Fsp3) is 0.333. The van der Waals surface area contributed by atoms with Crippen molar-refractivity contribution in [3.63, 3.8) is 0 Å². The van der Waals surface area contributed by atoms with Crippen molar-refractivity contribution in [2.24, 2.45) is 5.73 Å². The minimum Gasteiger partial charge on any atom is -0.330 e. The Morgan fingerprint density at radius 1 is 0.737 bits per heavy atom. The molecule has 0 heterocycles. The topological polar surface area (TPSA) is 26.0 Å². The zero-order chi connectivity index (χ0) is 13.8. The molecule has 0 aliphatic heterocycles. The average Bonchev–Trinajstić information content (AvgIpc) is 2.48. The third-order valence-electron chi connectivity index (χ3n) is 2.89. The summed E-state index contributed by atoms with van der Waals surface area (Å²) in [6.07, 6.45) is 4.65. The third kappa shape index (κ3) is 7.43. The molecule has 0 bridgehead atoms. The normalized spacial score (nSPS) is 9.58. The van der Waals surface area contributed by atoms with Gasteiger partial charge in [0.15, 0.2) is 0 Å². The lowest BCUT2D eigenvalue weighted by Gasteiger charge is -1.96. The van der Waals surface area contributed by atoms with E-state index in [1.165, 1.54) is 24.0 Å². The van der Waals surface area contributed by atoms with E-state index in [-0.39, 0.29) is 0 Å². The van der Waals surface area contributed by atoms with Crippen LogP contribution in [0.3, 0.4) is 0 Å². The monoisotopic (exact) mass is 255 g/mol. The van der Waals surface area contributed by atoms with E-state index in [2.05, 4.69) is 61.5 Å². The molecular formula is C18H25N. The van der Waals surface area contributed by atoms with Gasteiger partial charge < -0.3 is 5.73 Å². The highest BCUT2D eigenvalue weighted by Crippen LogP contribution is 2.01. The summed E-state index contributed by atoms with van der Waals surface area (Å²) in [6.45, 7) is 2.99. The van der Waals surface area contributed by atoms with Crippen LogP contribution in [0.2, 0.25) is 0 Å². The van der Waals surface area contributed by atoms with E-state index in [4.69, 9.17) is 5.73 Å². The molecule has 0 radical (unpaired) electrons. The molecule has 2 aromatic carbocycles. The number of hydrogen-bond acceptors (Lipinski definition) is 1. The third-order valence-corrected chi connectivity index (χ3v) is 2.89. The molecule has 0 atom stereocenters. The second-order valence-electron chi connectivity index (χ2n) is 4.61. The van der Waals surface area contributed by atoms with Gasteiger partial charge in [0.25, 0.3) is 0 Å². The van der Waals surface area contributed by atoms with Crippen LogP contribution in [0.15, 0.2) is 60.7 Å². The molecule has 0 saturated heterocycles. The van der Waals surface area contributed by atoms with Gasteiger partial charge >= 0.3 is 0 Å². The Morgan fingerprint density at radius 3 is 1.63 bits per heavy atom. The maximum atomic E-state index is 5.38. The van der Waals surface area contributed by atoms with Crippen LogP contribution in [-0.2, 0) is 12.8 Å². The van der Waals surface area contributed by atoms with Gasteiger partial charge in [0.05, 0.1) is 0 Å². The number of rotatable bonds is 5. The summed E-state index contributed by atoms with van der Waals surface area (Å²) in [7, 11) is 0. The lowest BCUT2D eigenvalue weighted by atomic mass is 10.1. The summed E-state index contributed by atoms with van der Waals surface area (Å²) >= 11 is 0. The number of aryl methyl sites for hydroxylation is 2. The lowest BCUT2D eigenvalue weighted by molar-refractivity contribution is 0.833. The van der Waals surface area contributed by atoms with Crippen LogP contribution in [-0.4, -0.2) is 6.54 Å². The molecule has 2 N–H and O–H groups in total. The fourth-order valence-electron chi connectivity index (χ4n) is 1.88. The average molecular weight is 255 g/mol. The minimum absolute atomic E-state index is 0.787. The molecule has 0 amide bonds. The zero-order valence-electron chi connectivity index (χ0n) is 11.9. The van der Waals surface area contributed by atoms with Crippen molar-refractivity contribution in [3.05, 3.63) is 71.8 Å². The van der Waals surface area contributed by atoms with Gasteiger partial charge in [-0.15, -0.1) is 0 Å². The van der Waals surface area contributed by atoms with E-state index < -0.39 is 0 Å². The molecule has 2 rings (SSSR count). The predicted molar refractivity (Wildman–Crippen MR) is 84.3 cm³/mol. The summed E-state index contributed by atoms with van der Waals surface area (Å²) in [4.78, 5) is 0. The van der Waals surface area contributed by atoms with Crippen LogP contribution < -0.4 is 5.73 Å².